The van der Waals surface area contributed by atoms with Crippen molar-refractivity contribution < 1.29 is 4.79 Å². The average molecular weight is 448 g/mol. The number of H-pyrrole nitrogens is 1. The molecule has 0 spiro atoms. The van der Waals surface area contributed by atoms with E-state index in [2.05, 4.69) is 52.4 Å². The molecule has 0 bridgehead atoms. The molecule has 0 aliphatic heterocycles. The smallest absolute Gasteiger partial charge is 0.234 e. The normalized spacial score (nSPS) is 11.0. The molecule has 8 heteroatoms. The molecule has 0 aliphatic carbocycles. The van der Waals surface area contributed by atoms with Crippen molar-refractivity contribution in [2.45, 2.75) is 31.8 Å². The molecular weight excluding hydrogens is 432 g/mol. The summed E-state index contributed by atoms with van der Waals surface area (Å²) in [6, 6.07) is 3.91. The number of carbonyl (C=O) groups is 1. The molecule has 1 amide bonds. The van der Waals surface area contributed by atoms with Gasteiger partial charge in [-0.15, -0.1) is 5.10 Å². The van der Waals surface area contributed by atoms with Crippen LogP contribution in [0.1, 0.15) is 31.2 Å². The van der Waals surface area contributed by atoms with Crippen LogP contribution in [0.4, 0.5) is 5.69 Å². The zero-order valence-electron chi connectivity index (χ0n) is 12.4. The number of anilines is 1. The predicted octanol–water partition coefficient (Wildman–Crippen LogP) is 4.49. The number of hydrogen-bond donors (Lipinski definition) is 2. The van der Waals surface area contributed by atoms with E-state index in [1.807, 2.05) is 32.9 Å². The number of aryl methyl sites for hydroxylation is 1. The highest BCUT2D eigenvalue weighted by molar-refractivity contribution is 9.11. The standard InChI is InChI=1S/C14H16Br2N4OS/c1-7(2)13-18-14(20-19-13)22-6-11(21)17-12-9(15)4-8(3)5-10(12)16/h4-5,7H,6H2,1-3H3,(H,17,21)(H,18,19,20). The van der Waals surface area contributed by atoms with Crippen molar-refractivity contribution in [2.75, 3.05) is 11.1 Å². The van der Waals surface area contributed by atoms with Crippen LogP contribution in [0.2, 0.25) is 0 Å². The van der Waals surface area contributed by atoms with E-state index in [1.165, 1.54) is 11.8 Å². The van der Waals surface area contributed by atoms with Gasteiger partial charge in [-0.3, -0.25) is 9.89 Å². The molecule has 0 atom stereocenters. The highest BCUT2D eigenvalue weighted by Crippen LogP contribution is 2.32. The molecule has 0 saturated heterocycles. The lowest BCUT2D eigenvalue weighted by molar-refractivity contribution is -0.113. The Labute approximate surface area is 150 Å². The van der Waals surface area contributed by atoms with Crippen molar-refractivity contribution in [3.8, 4) is 0 Å². The molecule has 1 aromatic carbocycles. The molecule has 0 fully saturated rings. The third-order valence-corrected chi connectivity index (χ3v) is 4.91. The van der Waals surface area contributed by atoms with Gasteiger partial charge >= 0.3 is 0 Å². The molecular formula is C14H16Br2N4OS. The van der Waals surface area contributed by atoms with Gasteiger partial charge in [0.1, 0.15) is 5.82 Å². The third-order valence-electron chi connectivity index (χ3n) is 2.81. The lowest BCUT2D eigenvalue weighted by Gasteiger charge is -2.10. The van der Waals surface area contributed by atoms with Crippen LogP contribution >= 0.6 is 43.6 Å². The summed E-state index contributed by atoms with van der Waals surface area (Å²) >= 11 is 8.23. The molecule has 1 heterocycles. The number of aromatic amines is 1. The van der Waals surface area contributed by atoms with Crippen molar-refractivity contribution >= 4 is 55.2 Å². The highest BCUT2D eigenvalue weighted by atomic mass is 79.9. The quantitative estimate of drug-likeness (QED) is 0.662. The van der Waals surface area contributed by atoms with Crippen molar-refractivity contribution in [1.29, 1.82) is 0 Å². The molecule has 5 nitrogen and oxygen atoms in total. The van der Waals surface area contributed by atoms with Gasteiger partial charge in [-0.1, -0.05) is 25.6 Å². The van der Waals surface area contributed by atoms with Crippen molar-refractivity contribution in [3.63, 3.8) is 0 Å². The van der Waals surface area contributed by atoms with Crippen LogP contribution in [0, 0.1) is 6.92 Å². The molecule has 2 aromatic rings. The second kappa shape index (κ2) is 7.61. The zero-order valence-corrected chi connectivity index (χ0v) is 16.4. The van der Waals surface area contributed by atoms with E-state index < -0.39 is 0 Å². The van der Waals surface area contributed by atoms with E-state index in [0.717, 1.165) is 26.0 Å². The summed E-state index contributed by atoms with van der Waals surface area (Å²) in [5, 5.41) is 10.4. The van der Waals surface area contributed by atoms with E-state index >= 15 is 0 Å². The fourth-order valence-corrected chi connectivity index (χ4v) is 3.92. The van der Waals surface area contributed by atoms with Gasteiger partial charge in [-0.25, -0.2) is 4.98 Å². The summed E-state index contributed by atoms with van der Waals surface area (Å²) in [4.78, 5) is 16.4. The highest BCUT2D eigenvalue weighted by Gasteiger charge is 2.12. The van der Waals surface area contributed by atoms with E-state index in [9.17, 15) is 4.79 Å². The minimum Gasteiger partial charge on any atom is -0.323 e. The fourth-order valence-electron chi connectivity index (χ4n) is 1.71. The number of aromatic nitrogens is 3. The van der Waals surface area contributed by atoms with Gasteiger partial charge in [0.15, 0.2) is 0 Å². The maximum Gasteiger partial charge on any atom is 0.234 e. The molecule has 0 radical (unpaired) electrons. The first-order chi connectivity index (χ1) is 10.4. The SMILES string of the molecule is Cc1cc(Br)c(NC(=O)CSc2n[nH]c(C(C)C)n2)c(Br)c1. The number of halogens is 2. The summed E-state index contributed by atoms with van der Waals surface area (Å²) in [7, 11) is 0. The largest absolute Gasteiger partial charge is 0.323 e. The Morgan fingerprint density at radius 1 is 1.36 bits per heavy atom. The number of nitrogens with one attached hydrogen (secondary N) is 2. The Kier molecular flexibility index (Phi) is 6.05. The van der Waals surface area contributed by atoms with Crippen LogP contribution < -0.4 is 5.32 Å². The van der Waals surface area contributed by atoms with Gasteiger partial charge in [-0.2, -0.15) is 0 Å². The summed E-state index contributed by atoms with van der Waals surface area (Å²) in [6.07, 6.45) is 0. The van der Waals surface area contributed by atoms with Gasteiger partial charge in [0.2, 0.25) is 11.1 Å². The van der Waals surface area contributed by atoms with E-state index in [-0.39, 0.29) is 17.6 Å². The van der Waals surface area contributed by atoms with Gasteiger partial charge < -0.3 is 5.32 Å². The summed E-state index contributed by atoms with van der Waals surface area (Å²) in [5.41, 5.74) is 1.84. The van der Waals surface area contributed by atoms with Crippen LogP contribution in [0.5, 0.6) is 0 Å². The van der Waals surface area contributed by atoms with Crippen LogP contribution in [0.3, 0.4) is 0 Å². The Balaban J connectivity index is 1.96. The van der Waals surface area contributed by atoms with Crippen molar-refractivity contribution in [1.82, 2.24) is 15.2 Å². The zero-order chi connectivity index (χ0) is 16.3. The van der Waals surface area contributed by atoms with Crippen LogP contribution in [-0.4, -0.2) is 26.8 Å². The predicted molar refractivity (Wildman–Crippen MR) is 96.4 cm³/mol. The summed E-state index contributed by atoms with van der Waals surface area (Å²) < 4.78 is 1.69. The van der Waals surface area contributed by atoms with E-state index in [1.54, 1.807) is 0 Å². The monoisotopic (exact) mass is 446 g/mol. The second-order valence-electron chi connectivity index (χ2n) is 5.10. The number of carbonyl (C=O) groups excluding carboxylic acids is 1. The molecule has 0 unspecified atom stereocenters. The Morgan fingerprint density at radius 2 is 2.00 bits per heavy atom. The molecule has 118 valence electrons. The third kappa shape index (κ3) is 4.57. The lowest BCUT2D eigenvalue weighted by atomic mass is 10.2. The number of hydrogen-bond acceptors (Lipinski definition) is 4. The molecule has 0 saturated carbocycles. The minimum absolute atomic E-state index is 0.105. The first kappa shape index (κ1) is 17.5. The molecule has 2 rings (SSSR count). The maximum atomic E-state index is 12.1. The number of benzene rings is 1. The van der Waals surface area contributed by atoms with E-state index in [4.69, 9.17) is 0 Å². The first-order valence-corrected chi connectivity index (χ1v) is 9.24. The van der Waals surface area contributed by atoms with Crippen LogP contribution in [0.15, 0.2) is 26.2 Å². The number of thioether (sulfide) groups is 1. The van der Waals surface area contributed by atoms with Crippen LogP contribution in [0.25, 0.3) is 0 Å². The van der Waals surface area contributed by atoms with E-state index in [0.29, 0.717) is 5.16 Å². The maximum absolute atomic E-state index is 12.1. The van der Waals surface area contributed by atoms with Crippen LogP contribution in [-0.2, 0) is 4.79 Å². The van der Waals surface area contributed by atoms with Crippen molar-refractivity contribution in [3.05, 3.63) is 32.5 Å². The molecule has 0 aliphatic rings. The second-order valence-corrected chi connectivity index (χ2v) is 7.75. The number of nitrogens with zero attached hydrogens (tertiary/aromatic N) is 2. The number of rotatable bonds is 5. The number of amides is 1. The Morgan fingerprint density at radius 3 is 2.55 bits per heavy atom. The Bertz CT molecular complexity index is 664. The first-order valence-electron chi connectivity index (χ1n) is 6.67. The Hall–Kier alpha value is -0.860. The molecule has 22 heavy (non-hydrogen) atoms. The van der Waals surface area contributed by atoms with Gasteiger partial charge in [0.25, 0.3) is 0 Å². The molecule has 1 aromatic heterocycles. The fraction of sp³-hybridized carbons (Fsp3) is 0.357. The molecule has 2 N–H and O–H groups in total. The lowest BCUT2D eigenvalue weighted by Crippen LogP contribution is -2.15. The average Bonchev–Trinajstić information content (AvgIpc) is 2.89. The summed E-state index contributed by atoms with van der Waals surface area (Å²) in [5.74, 6) is 1.26. The van der Waals surface area contributed by atoms with Gasteiger partial charge in [0, 0.05) is 14.9 Å². The minimum atomic E-state index is -0.105. The van der Waals surface area contributed by atoms with Gasteiger partial charge in [0.05, 0.1) is 11.4 Å². The van der Waals surface area contributed by atoms with Gasteiger partial charge in [-0.05, 0) is 56.5 Å². The summed E-state index contributed by atoms with van der Waals surface area (Å²) in [6.45, 7) is 6.06. The van der Waals surface area contributed by atoms with Crippen molar-refractivity contribution in [2.24, 2.45) is 0 Å². The topological polar surface area (TPSA) is 70.7 Å².